The molecule has 8 heteroatoms. The van der Waals surface area contributed by atoms with E-state index in [0.29, 0.717) is 13.2 Å². The molecule has 1 aliphatic carbocycles. The van der Waals surface area contributed by atoms with Crippen molar-refractivity contribution < 1.29 is 18.3 Å². The second-order valence-electron chi connectivity index (χ2n) is 6.69. The number of ether oxygens (including phenoxy) is 2. The monoisotopic (exact) mass is 376 g/mol. The summed E-state index contributed by atoms with van der Waals surface area (Å²) in [5.74, 6) is 1.85. The molecule has 0 bridgehead atoms. The van der Waals surface area contributed by atoms with Gasteiger partial charge in [-0.15, -0.1) is 0 Å². The third-order valence-corrected chi connectivity index (χ3v) is 4.96. The molecule has 1 aromatic carbocycles. The minimum Gasteiger partial charge on any atom is -0.435 e. The third-order valence-electron chi connectivity index (χ3n) is 4.96. The Bertz CT molecular complexity index is 784. The van der Waals surface area contributed by atoms with Crippen LogP contribution in [0.25, 0.3) is 0 Å². The van der Waals surface area contributed by atoms with Crippen LogP contribution in [-0.2, 0) is 11.2 Å². The molecule has 6 nitrogen and oxygen atoms in total. The van der Waals surface area contributed by atoms with Gasteiger partial charge < -0.3 is 19.7 Å². The fourth-order valence-corrected chi connectivity index (χ4v) is 3.69. The van der Waals surface area contributed by atoms with Gasteiger partial charge in [0.1, 0.15) is 23.7 Å². The molecule has 2 aromatic rings. The highest BCUT2D eigenvalue weighted by Crippen LogP contribution is 2.34. The maximum absolute atomic E-state index is 12.4. The molecule has 0 amide bonds. The first-order valence-electron chi connectivity index (χ1n) is 9.18. The van der Waals surface area contributed by atoms with Gasteiger partial charge in [-0.1, -0.05) is 6.07 Å². The Kier molecular flexibility index (Phi) is 5.33. The first-order valence-corrected chi connectivity index (χ1v) is 9.18. The largest absolute Gasteiger partial charge is 0.435 e. The quantitative estimate of drug-likeness (QED) is 0.863. The Morgan fingerprint density at radius 3 is 2.85 bits per heavy atom. The Labute approximate surface area is 156 Å². The summed E-state index contributed by atoms with van der Waals surface area (Å²) in [5, 5.41) is 3.48. The van der Waals surface area contributed by atoms with Gasteiger partial charge in [0.15, 0.2) is 0 Å². The number of benzene rings is 1. The van der Waals surface area contributed by atoms with E-state index in [2.05, 4.69) is 24.9 Å². The van der Waals surface area contributed by atoms with Gasteiger partial charge in [-0.2, -0.15) is 8.78 Å². The van der Waals surface area contributed by atoms with Crippen molar-refractivity contribution in [2.24, 2.45) is 0 Å². The van der Waals surface area contributed by atoms with E-state index >= 15 is 0 Å². The van der Waals surface area contributed by atoms with Crippen molar-refractivity contribution in [3.05, 3.63) is 41.7 Å². The second-order valence-corrected chi connectivity index (χ2v) is 6.69. The van der Waals surface area contributed by atoms with Gasteiger partial charge in [0.05, 0.1) is 19.3 Å². The van der Waals surface area contributed by atoms with Crippen molar-refractivity contribution in [2.75, 3.05) is 36.5 Å². The van der Waals surface area contributed by atoms with Gasteiger partial charge in [0.25, 0.3) is 0 Å². The van der Waals surface area contributed by atoms with Gasteiger partial charge in [-0.05, 0) is 42.5 Å². The molecule has 1 fully saturated rings. The normalized spacial score (nSPS) is 19.7. The van der Waals surface area contributed by atoms with E-state index in [0.717, 1.165) is 55.1 Å². The molecule has 0 saturated carbocycles. The summed E-state index contributed by atoms with van der Waals surface area (Å²) in [7, 11) is 0. The number of nitrogens with zero attached hydrogens (tertiary/aromatic N) is 3. The fraction of sp³-hybridized carbons (Fsp3) is 0.474. The zero-order valence-corrected chi connectivity index (χ0v) is 14.9. The number of anilines is 2. The van der Waals surface area contributed by atoms with Crippen LogP contribution in [0.15, 0.2) is 30.6 Å². The van der Waals surface area contributed by atoms with Crippen LogP contribution in [0, 0.1) is 0 Å². The smallest absolute Gasteiger partial charge is 0.387 e. The number of alkyl halides is 2. The Morgan fingerprint density at radius 1 is 1.19 bits per heavy atom. The molecule has 0 radical (unpaired) electrons. The Hall–Kier alpha value is -2.48. The standard InChI is InChI=1S/C19H22F2N4O2/c20-19(21)27-14-4-5-15-13(10-14)2-1-3-16(15)24-17-11-18(23-12-22-17)25-6-8-26-9-7-25/h4-5,10-12,16,19H,1-3,6-9H2,(H,22,23,24). The van der Waals surface area contributed by atoms with E-state index in [1.54, 1.807) is 18.5 Å². The van der Waals surface area contributed by atoms with Gasteiger partial charge in [-0.3, -0.25) is 0 Å². The lowest BCUT2D eigenvalue weighted by Gasteiger charge is -2.29. The number of morpholine rings is 1. The maximum atomic E-state index is 12.4. The molecule has 1 aromatic heterocycles. The Balaban J connectivity index is 1.51. The topological polar surface area (TPSA) is 59.5 Å². The van der Waals surface area contributed by atoms with E-state index in [1.807, 2.05) is 12.1 Å². The summed E-state index contributed by atoms with van der Waals surface area (Å²) in [6, 6.07) is 7.22. The number of fused-ring (bicyclic) bond motifs is 1. The second kappa shape index (κ2) is 8.04. The van der Waals surface area contributed by atoms with E-state index in [9.17, 15) is 8.78 Å². The first-order chi connectivity index (χ1) is 13.2. The van der Waals surface area contributed by atoms with Crippen molar-refractivity contribution in [1.29, 1.82) is 0 Å². The van der Waals surface area contributed by atoms with Crippen LogP contribution in [0.3, 0.4) is 0 Å². The molecule has 1 saturated heterocycles. The van der Waals surface area contributed by atoms with Crippen LogP contribution in [0.5, 0.6) is 5.75 Å². The minimum atomic E-state index is -2.81. The predicted molar refractivity (Wildman–Crippen MR) is 97.4 cm³/mol. The van der Waals surface area contributed by atoms with Crippen LogP contribution >= 0.6 is 0 Å². The van der Waals surface area contributed by atoms with E-state index in [1.165, 1.54) is 0 Å². The molecular weight excluding hydrogens is 354 g/mol. The van der Waals surface area contributed by atoms with Gasteiger partial charge >= 0.3 is 6.61 Å². The number of rotatable bonds is 5. The fourth-order valence-electron chi connectivity index (χ4n) is 3.69. The van der Waals surface area contributed by atoms with Gasteiger partial charge in [-0.25, -0.2) is 9.97 Å². The summed E-state index contributed by atoms with van der Waals surface area (Å²) in [5.41, 5.74) is 2.15. The zero-order chi connectivity index (χ0) is 18.6. The molecule has 144 valence electrons. The molecule has 0 spiro atoms. The Morgan fingerprint density at radius 2 is 2.04 bits per heavy atom. The molecule has 2 aliphatic rings. The lowest BCUT2D eigenvalue weighted by Crippen LogP contribution is -2.36. The lowest BCUT2D eigenvalue weighted by molar-refractivity contribution is -0.0499. The lowest BCUT2D eigenvalue weighted by atomic mass is 9.87. The molecule has 27 heavy (non-hydrogen) atoms. The van der Waals surface area contributed by atoms with Crippen LogP contribution < -0.4 is 15.0 Å². The number of aryl methyl sites for hydroxylation is 1. The number of hydrogen-bond donors (Lipinski definition) is 1. The van der Waals surface area contributed by atoms with E-state index < -0.39 is 6.61 Å². The summed E-state index contributed by atoms with van der Waals surface area (Å²) in [4.78, 5) is 10.9. The third kappa shape index (κ3) is 4.27. The SMILES string of the molecule is FC(F)Oc1ccc2c(c1)CCCC2Nc1cc(N2CCOCC2)ncn1. The van der Waals surface area contributed by atoms with Crippen molar-refractivity contribution >= 4 is 11.6 Å². The maximum Gasteiger partial charge on any atom is 0.387 e. The molecule has 1 N–H and O–H groups in total. The van der Waals surface area contributed by atoms with Gasteiger partial charge in [0, 0.05) is 19.2 Å². The summed E-state index contributed by atoms with van der Waals surface area (Å²) < 4.78 is 34.8. The highest BCUT2D eigenvalue weighted by Gasteiger charge is 2.22. The summed E-state index contributed by atoms with van der Waals surface area (Å²) in [6.45, 7) is 0.225. The van der Waals surface area contributed by atoms with Gasteiger partial charge in [0.2, 0.25) is 0 Å². The highest BCUT2D eigenvalue weighted by molar-refractivity contribution is 5.51. The van der Waals surface area contributed by atoms with Crippen molar-refractivity contribution in [3.8, 4) is 5.75 Å². The van der Waals surface area contributed by atoms with E-state index in [4.69, 9.17) is 4.74 Å². The zero-order valence-electron chi connectivity index (χ0n) is 14.9. The van der Waals surface area contributed by atoms with Crippen molar-refractivity contribution in [1.82, 2.24) is 9.97 Å². The average molecular weight is 376 g/mol. The van der Waals surface area contributed by atoms with Crippen molar-refractivity contribution in [3.63, 3.8) is 0 Å². The molecular formula is C19H22F2N4O2. The molecule has 4 rings (SSSR count). The number of hydrogen-bond acceptors (Lipinski definition) is 6. The number of halogens is 2. The average Bonchev–Trinajstić information content (AvgIpc) is 2.68. The minimum absolute atomic E-state index is 0.0850. The molecule has 2 heterocycles. The predicted octanol–water partition coefficient (Wildman–Crippen LogP) is 3.40. The molecule has 1 aliphatic heterocycles. The van der Waals surface area contributed by atoms with Crippen LogP contribution in [-0.4, -0.2) is 42.9 Å². The first kappa shape index (κ1) is 17.9. The summed E-state index contributed by atoms with van der Waals surface area (Å²) >= 11 is 0. The summed E-state index contributed by atoms with van der Waals surface area (Å²) in [6.07, 6.45) is 4.36. The van der Waals surface area contributed by atoms with Crippen LogP contribution in [0.2, 0.25) is 0 Å². The van der Waals surface area contributed by atoms with Crippen molar-refractivity contribution in [2.45, 2.75) is 31.9 Å². The van der Waals surface area contributed by atoms with E-state index in [-0.39, 0.29) is 11.8 Å². The van der Waals surface area contributed by atoms with Crippen LogP contribution in [0.1, 0.15) is 30.0 Å². The highest BCUT2D eigenvalue weighted by atomic mass is 19.3. The number of nitrogens with one attached hydrogen (secondary N) is 1. The molecule has 1 unspecified atom stereocenters. The molecule has 1 atom stereocenters. The van der Waals surface area contributed by atoms with Crippen LogP contribution in [0.4, 0.5) is 20.4 Å². The number of aromatic nitrogens is 2.